The third-order valence-corrected chi connectivity index (χ3v) is 2.03. The van der Waals surface area contributed by atoms with Gasteiger partial charge in [0.2, 0.25) is 0 Å². The molecule has 4 heteroatoms. The van der Waals surface area contributed by atoms with Gasteiger partial charge in [-0.25, -0.2) is 0 Å². The summed E-state index contributed by atoms with van der Waals surface area (Å²) in [6.45, 7) is 2.28. The topological polar surface area (TPSA) is 81.1 Å². The fourth-order valence-corrected chi connectivity index (χ4v) is 1.25. The zero-order valence-electron chi connectivity index (χ0n) is 9.21. The van der Waals surface area contributed by atoms with Gasteiger partial charge in [0.1, 0.15) is 0 Å². The Kier molecular flexibility index (Phi) is 4.22. The van der Waals surface area contributed by atoms with Crippen molar-refractivity contribution in [2.24, 2.45) is 0 Å². The molecule has 0 spiro atoms. The highest BCUT2D eigenvalue weighted by molar-refractivity contribution is 5.99. The van der Waals surface area contributed by atoms with Gasteiger partial charge in [0, 0.05) is 24.3 Å². The van der Waals surface area contributed by atoms with Gasteiger partial charge in [0.15, 0.2) is 0 Å². The number of amides is 1. The number of rotatable bonds is 3. The number of benzene rings is 1. The van der Waals surface area contributed by atoms with Crippen molar-refractivity contribution in [3.63, 3.8) is 0 Å². The second kappa shape index (κ2) is 5.66. The van der Waals surface area contributed by atoms with Crippen LogP contribution in [-0.2, 0) is 0 Å². The average Bonchev–Trinajstić information content (AvgIpc) is 2.24. The highest BCUT2D eigenvalue weighted by atomic mass is 16.1. The Balaban J connectivity index is 2.61. The molecule has 0 saturated carbocycles. The first-order valence-corrected chi connectivity index (χ1v) is 4.98. The van der Waals surface area contributed by atoms with Crippen LogP contribution in [0.25, 0.3) is 0 Å². The van der Waals surface area contributed by atoms with Gasteiger partial charge in [-0.3, -0.25) is 4.79 Å². The van der Waals surface area contributed by atoms with Crippen molar-refractivity contribution in [1.29, 1.82) is 0 Å². The minimum Gasteiger partial charge on any atom is -0.399 e. The maximum absolute atomic E-state index is 11.7. The summed E-state index contributed by atoms with van der Waals surface area (Å²) in [6, 6.07) is 4.84. The first-order valence-electron chi connectivity index (χ1n) is 4.98. The monoisotopic (exact) mass is 217 g/mol. The fraction of sp³-hybridized carbons (Fsp3) is 0.250. The molecule has 1 aromatic carbocycles. The van der Waals surface area contributed by atoms with Gasteiger partial charge in [-0.05, 0) is 25.1 Å². The van der Waals surface area contributed by atoms with E-state index < -0.39 is 0 Å². The number of hydrogen-bond acceptors (Lipinski definition) is 3. The molecular formula is C12H15N3O. The molecule has 0 saturated heterocycles. The third kappa shape index (κ3) is 3.21. The normalized spacial score (nSPS) is 9.06. The number of nitrogen functional groups attached to an aromatic ring is 2. The summed E-state index contributed by atoms with van der Waals surface area (Å²) in [7, 11) is 0. The van der Waals surface area contributed by atoms with Crippen LogP contribution in [0.2, 0.25) is 0 Å². The van der Waals surface area contributed by atoms with Gasteiger partial charge in [0.25, 0.3) is 5.91 Å². The summed E-state index contributed by atoms with van der Waals surface area (Å²) < 4.78 is 0. The van der Waals surface area contributed by atoms with Crippen molar-refractivity contribution in [3.8, 4) is 11.8 Å². The molecule has 0 aliphatic heterocycles. The lowest BCUT2D eigenvalue weighted by molar-refractivity contribution is 0.0955. The van der Waals surface area contributed by atoms with E-state index in [4.69, 9.17) is 11.5 Å². The second-order valence-electron chi connectivity index (χ2n) is 3.28. The van der Waals surface area contributed by atoms with E-state index in [1.807, 2.05) is 0 Å². The van der Waals surface area contributed by atoms with E-state index in [1.54, 1.807) is 25.1 Å². The zero-order chi connectivity index (χ0) is 12.0. The van der Waals surface area contributed by atoms with E-state index >= 15 is 0 Å². The van der Waals surface area contributed by atoms with Crippen LogP contribution in [0.1, 0.15) is 23.7 Å². The first-order chi connectivity index (χ1) is 7.65. The summed E-state index contributed by atoms with van der Waals surface area (Å²) in [6.07, 6.45) is 0.636. The molecule has 5 N–H and O–H groups in total. The molecule has 0 unspecified atom stereocenters. The molecule has 1 rings (SSSR count). The standard InChI is InChI=1S/C12H15N3O/c1-2-3-4-7-15-12(16)10-6-5-9(13)8-11(10)14/h5-6,8H,4,7,13-14H2,1H3,(H,15,16). The SMILES string of the molecule is CC#CCCNC(=O)c1ccc(N)cc1N. The van der Waals surface area contributed by atoms with Crippen molar-refractivity contribution < 1.29 is 4.79 Å². The Labute approximate surface area is 95.0 Å². The molecule has 0 aliphatic rings. The van der Waals surface area contributed by atoms with Crippen LogP contribution in [-0.4, -0.2) is 12.5 Å². The minimum absolute atomic E-state index is 0.199. The predicted octanol–water partition coefficient (Wildman–Crippen LogP) is 0.994. The second-order valence-corrected chi connectivity index (χ2v) is 3.28. The Bertz CT molecular complexity index is 443. The molecule has 1 aromatic rings. The van der Waals surface area contributed by atoms with E-state index in [-0.39, 0.29) is 5.91 Å². The number of nitrogens with two attached hydrogens (primary N) is 2. The highest BCUT2D eigenvalue weighted by Gasteiger charge is 2.08. The van der Waals surface area contributed by atoms with Gasteiger partial charge in [-0.1, -0.05) is 0 Å². The van der Waals surface area contributed by atoms with Gasteiger partial charge in [-0.2, -0.15) is 0 Å². The van der Waals surface area contributed by atoms with Gasteiger partial charge < -0.3 is 16.8 Å². The van der Waals surface area contributed by atoms with Crippen molar-refractivity contribution in [3.05, 3.63) is 23.8 Å². The van der Waals surface area contributed by atoms with Crippen LogP contribution in [0.3, 0.4) is 0 Å². The molecule has 0 heterocycles. The first kappa shape index (κ1) is 11.9. The van der Waals surface area contributed by atoms with Gasteiger partial charge in [-0.15, -0.1) is 11.8 Å². The molecule has 0 atom stereocenters. The van der Waals surface area contributed by atoms with E-state index in [9.17, 15) is 4.79 Å². The Hall–Kier alpha value is -2.15. The third-order valence-electron chi connectivity index (χ3n) is 2.03. The van der Waals surface area contributed by atoms with Crippen LogP contribution >= 0.6 is 0 Å². The lowest BCUT2D eigenvalue weighted by Gasteiger charge is -2.06. The number of nitrogens with one attached hydrogen (secondary N) is 1. The molecule has 0 aromatic heterocycles. The van der Waals surface area contributed by atoms with Crippen molar-refractivity contribution in [2.45, 2.75) is 13.3 Å². The van der Waals surface area contributed by atoms with Crippen LogP contribution in [0, 0.1) is 11.8 Å². The number of hydrogen-bond donors (Lipinski definition) is 3. The molecule has 84 valence electrons. The molecule has 1 amide bonds. The maximum atomic E-state index is 11.7. The summed E-state index contributed by atoms with van der Waals surface area (Å²) in [5, 5.41) is 2.73. The van der Waals surface area contributed by atoms with Crippen LogP contribution in [0.5, 0.6) is 0 Å². The summed E-state index contributed by atoms with van der Waals surface area (Å²) in [4.78, 5) is 11.7. The smallest absolute Gasteiger partial charge is 0.253 e. The Morgan fingerprint density at radius 1 is 1.44 bits per heavy atom. The number of carbonyl (C=O) groups excluding carboxylic acids is 1. The lowest BCUT2D eigenvalue weighted by Crippen LogP contribution is -2.25. The predicted molar refractivity (Wildman–Crippen MR) is 65.7 cm³/mol. The lowest BCUT2D eigenvalue weighted by atomic mass is 10.1. The molecule has 0 fully saturated rings. The average molecular weight is 217 g/mol. The van der Waals surface area contributed by atoms with Crippen molar-refractivity contribution in [2.75, 3.05) is 18.0 Å². The van der Waals surface area contributed by atoms with E-state index in [0.29, 0.717) is 29.9 Å². The fourth-order valence-electron chi connectivity index (χ4n) is 1.25. The summed E-state index contributed by atoms with van der Waals surface area (Å²) in [5.41, 5.74) is 12.6. The number of anilines is 2. The summed E-state index contributed by atoms with van der Waals surface area (Å²) in [5.74, 6) is 5.42. The number of carbonyl (C=O) groups is 1. The van der Waals surface area contributed by atoms with Crippen molar-refractivity contribution in [1.82, 2.24) is 5.32 Å². The van der Waals surface area contributed by atoms with Crippen molar-refractivity contribution >= 4 is 17.3 Å². The molecule has 0 bridgehead atoms. The largest absolute Gasteiger partial charge is 0.399 e. The van der Waals surface area contributed by atoms with E-state index in [1.165, 1.54) is 0 Å². The van der Waals surface area contributed by atoms with Gasteiger partial charge in [0.05, 0.1) is 5.56 Å². The van der Waals surface area contributed by atoms with Gasteiger partial charge >= 0.3 is 0 Å². The molecular weight excluding hydrogens is 202 g/mol. The summed E-state index contributed by atoms with van der Waals surface area (Å²) >= 11 is 0. The molecule has 16 heavy (non-hydrogen) atoms. The van der Waals surface area contributed by atoms with Crippen LogP contribution in [0.15, 0.2) is 18.2 Å². The Morgan fingerprint density at radius 3 is 2.81 bits per heavy atom. The quantitative estimate of drug-likeness (QED) is 0.401. The van der Waals surface area contributed by atoms with E-state index in [0.717, 1.165) is 0 Å². The maximum Gasteiger partial charge on any atom is 0.253 e. The van der Waals surface area contributed by atoms with Crippen LogP contribution in [0.4, 0.5) is 11.4 Å². The van der Waals surface area contributed by atoms with Crippen LogP contribution < -0.4 is 16.8 Å². The Morgan fingerprint density at radius 2 is 2.19 bits per heavy atom. The molecule has 4 nitrogen and oxygen atoms in total. The molecule has 0 aliphatic carbocycles. The molecule has 0 radical (unpaired) electrons. The minimum atomic E-state index is -0.199. The highest BCUT2D eigenvalue weighted by Crippen LogP contribution is 2.15. The van der Waals surface area contributed by atoms with E-state index in [2.05, 4.69) is 17.2 Å². The zero-order valence-corrected chi connectivity index (χ0v) is 9.21.